The van der Waals surface area contributed by atoms with Crippen LogP contribution in [0.25, 0.3) is 10.8 Å². The van der Waals surface area contributed by atoms with Gasteiger partial charge in [-0.05, 0) is 29.7 Å². The number of ether oxygens (including phenoxy) is 1. The van der Waals surface area contributed by atoms with E-state index in [2.05, 4.69) is 0 Å². The zero-order chi connectivity index (χ0) is 13.2. The van der Waals surface area contributed by atoms with Crippen molar-refractivity contribution < 1.29 is 14.6 Å². The number of hydrogen-bond acceptors (Lipinski definition) is 3. The van der Waals surface area contributed by atoms with Crippen molar-refractivity contribution in [2.45, 2.75) is 0 Å². The summed E-state index contributed by atoms with van der Waals surface area (Å²) in [5.41, 5.74) is 0.653. The van der Waals surface area contributed by atoms with Gasteiger partial charge >= 0.3 is 0 Å². The molecule has 4 heteroatoms. The van der Waals surface area contributed by atoms with Gasteiger partial charge in [-0.15, -0.1) is 0 Å². The van der Waals surface area contributed by atoms with Crippen LogP contribution in [0, 0.1) is 0 Å². The molecule has 1 aliphatic heterocycles. The first-order valence-electron chi connectivity index (χ1n) is 6.34. The van der Waals surface area contributed by atoms with Crippen molar-refractivity contribution in [3.63, 3.8) is 0 Å². The highest BCUT2D eigenvalue weighted by Crippen LogP contribution is 2.25. The minimum absolute atomic E-state index is 0.0218. The number of aromatic hydroxyl groups is 1. The highest BCUT2D eigenvalue weighted by Gasteiger charge is 2.18. The maximum absolute atomic E-state index is 12.3. The lowest BCUT2D eigenvalue weighted by atomic mass is 10.1. The Balaban J connectivity index is 1.94. The van der Waals surface area contributed by atoms with Crippen LogP contribution in [0.5, 0.6) is 5.75 Å². The summed E-state index contributed by atoms with van der Waals surface area (Å²) in [6, 6.07) is 10.7. The van der Waals surface area contributed by atoms with E-state index in [4.69, 9.17) is 4.74 Å². The number of morpholine rings is 1. The van der Waals surface area contributed by atoms with Gasteiger partial charge in [0.15, 0.2) is 0 Å². The zero-order valence-corrected chi connectivity index (χ0v) is 10.5. The molecule has 0 aliphatic carbocycles. The molecular weight excluding hydrogens is 242 g/mol. The van der Waals surface area contributed by atoms with Crippen LogP contribution in [0.2, 0.25) is 0 Å². The fourth-order valence-electron chi connectivity index (χ4n) is 2.35. The van der Waals surface area contributed by atoms with E-state index in [1.54, 1.807) is 29.2 Å². The molecule has 0 atom stereocenters. The number of fused-ring (bicyclic) bond motifs is 1. The third-order valence-corrected chi connectivity index (χ3v) is 3.40. The number of benzene rings is 2. The van der Waals surface area contributed by atoms with Crippen molar-refractivity contribution in [2.24, 2.45) is 0 Å². The number of carbonyl (C=O) groups excluding carboxylic acids is 1. The van der Waals surface area contributed by atoms with Crippen LogP contribution in [-0.4, -0.2) is 42.2 Å². The molecule has 0 unspecified atom stereocenters. The fraction of sp³-hybridized carbons (Fsp3) is 0.267. The average Bonchev–Trinajstić information content (AvgIpc) is 2.47. The van der Waals surface area contributed by atoms with Crippen molar-refractivity contribution in [1.29, 1.82) is 0 Å². The number of phenols is 1. The van der Waals surface area contributed by atoms with Gasteiger partial charge in [-0.2, -0.15) is 0 Å². The summed E-state index contributed by atoms with van der Waals surface area (Å²) in [4.78, 5) is 14.1. The highest BCUT2D eigenvalue weighted by molar-refractivity contribution is 5.99. The molecular formula is C15H15NO3. The summed E-state index contributed by atoms with van der Waals surface area (Å²) in [5.74, 6) is 0.261. The van der Waals surface area contributed by atoms with Crippen LogP contribution in [-0.2, 0) is 4.74 Å². The zero-order valence-electron chi connectivity index (χ0n) is 10.5. The highest BCUT2D eigenvalue weighted by atomic mass is 16.5. The molecule has 0 bridgehead atoms. The standard InChI is InChI=1S/C15H15NO3/c17-14-3-1-2-11-10-12(4-5-13(11)14)15(18)16-6-8-19-9-7-16/h1-5,10,17H,6-9H2. The Hall–Kier alpha value is -2.07. The fourth-order valence-corrected chi connectivity index (χ4v) is 2.35. The Bertz CT molecular complexity index is 618. The van der Waals surface area contributed by atoms with E-state index in [1.165, 1.54) is 0 Å². The van der Waals surface area contributed by atoms with E-state index < -0.39 is 0 Å². The molecule has 1 fully saturated rings. The summed E-state index contributed by atoms with van der Waals surface area (Å²) in [5, 5.41) is 11.4. The number of carbonyl (C=O) groups is 1. The number of phenolic OH excluding ortho intramolecular Hbond substituents is 1. The molecule has 1 amide bonds. The second-order valence-electron chi connectivity index (χ2n) is 4.62. The van der Waals surface area contributed by atoms with Crippen LogP contribution in [0.3, 0.4) is 0 Å². The van der Waals surface area contributed by atoms with Gasteiger partial charge < -0.3 is 14.7 Å². The van der Waals surface area contributed by atoms with Gasteiger partial charge in [-0.1, -0.05) is 12.1 Å². The predicted octanol–water partition coefficient (Wildman–Crippen LogP) is 2.02. The Morgan fingerprint density at radius 2 is 1.95 bits per heavy atom. The number of hydrogen-bond donors (Lipinski definition) is 1. The van der Waals surface area contributed by atoms with Crippen LogP contribution in [0.4, 0.5) is 0 Å². The monoisotopic (exact) mass is 257 g/mol. The summed E-state index contributed by atoms with van der Waals surface area (Å²) < 4.78 is 5.24. The molecule has 0 aromatic heterocycles. The van der Waals surface area contributed by atoms with Crippen molar-refractivity contribution in [2.75, 3.05) is 26.3 Å². The van der Waals surface area contributed by atoms with E-state index in [0.29, 0.717) is 31.9 Å². The number of amides is 1. The molecule has 1 heterocycles. The molecule has 2 aromatic rings. The van der Waals surface area contributed by atoms with Gasteiger partial charge in [0.05, 0.1) is 13.2 Å². The molecule has 0 spiro atoms. The smallest absolute Gasteiger partial charge is 0.254 e. The summed E-state index contributed by atoms with van der Waals surface area (Å²) in [6.45, 7) is 2.47. The third kappa shape index (κ3) is 2.27. The minimum atomic E-state index is 0.0218. The topological polar surface area (TPSA) is 49.8 Å². The van der Waals surface area contributed by atoms with Gasteiger partial charge in [0, 0.05) is 24.0 Å². The van der Waals surface area contributed by atoms with E-state index in [-0.39, 0.29) is 11.7 Å². The van der Waals surface area contributed by atoms with Crippen LogP contribution in [0.15, 0.2) is 36.4 Å². The first-order valence-corrected chi connectivity index (χ1v) is 6.34. The second kappa shape index (κ2) is 4.90. The number of nitrogens with zero attached hydrogens (tertiary/aromatic N) is 1. The third-order valence-electron chi connectivity index (χ3n) is 3.40. The van der Waals surface area contributed by atoms with E-state index in [1.807, 2.05) is 12.1 Å². The predicted molar refractivity (Wildman–Crippen MR) is 72.3 cm³/mol. The summed E-state index contributed by atoms with van der Waals surface area (Å²) in [6.07, 6.45) is 0. The van der Waals surface area contributed by atoms with Gasteiger partial charge in [-0.25, -0.2) is 0 Å². The Kier molecular flexibility index (Phi) is 3.09. The van der Waals surface area contributed by atoms with E-state index in [9.17, 15) is 9.90 Å². The summed E-state index contributed by atoms with van der Waals surface area (Å²) in [7, 11) is 0. The van der Waals surface area contributed by atoms with Crippen molar-refractivity contribution in [3.05, 3.63) is 42.0 Å². The molecule has 0 saturated carbocycles. The normalized spacial score (nSPS) is 15.7. The lowest BCUT2D eigenvalue weighted by molar-refractivity contribution is 0.0303. The van der Waals surface area contributed by atoms with Gasteiger partial charge in [0.25, 0.3) is 5.91 Å². The van der Waals surface area contributed by atoms with E-state index in [0.717, 1.165) is 10.8 Å². The maximum Gasteiger partial charge on any atom is 0.254 e. The van der Waals surface area contributed by atoms with Crippen LogP contribution in [0.1, 0.15) is 10.4 Å². The lowest BCUT2D eigenvalue weighted by Crippen LogP contribution is -2.40. The largest absolute Gasteiger partial charge is 0.507 e. The SMILES string of the molecule is O=C(c1ccc2c(O)cccc2c1)N1CCOCC1. The number of rotatable bonds is 1. The molecule has 1 aliphatic rings. The molecule has 1 N–H and O–H groups in total. The molecule has 98 valence electrons. The second-order valence-corrected chi connectivity index (χ2v) is 4.62. The Morgan fingerprint density at radius 3 is 2.74 bits per heavy atom. The molecule has 3 rings (SSSR count). The quantitative estimate of drug-likeness (QED) is 0.850. The molecule has 4 nitrogen and oxygen atoms in total. The van der Waals surface area contributed by atoms with Crippen LogP contribution >= 0.6 is 0 Å². The van der Waals surface area contributed by atoms with Crippen molar-refractivity contribution in [1.82, 2.24) is 4.90 Å². The molecule has 1 saturated heterocycles. The average molecular weight is 257 g/mol. The first-order chi connectivity index (χ1) is 9.25. The van der Waals surface area contributed by atoms with Gasteiger partial charge in [0.1, 0.15) is 5.75 Å². The lowest BCUT2D eigenvalue weighted by Gasteiger charge is -2.27. The maximum atomic E-state index is 12.3. The minimum Gasteiger partial charge on any atom is -0.507 e. The van der Waals surface area contributed by atoms with Gasteiger partial charge in [-0.3, -0.25) is 4.79 Å². The molecule has 0 radical (unpaired) electrons. The van der Waals surface area contributed by atoms with Gasteiger partial charge in [0.2, 0.25) is 0 Å². The van der Waals surface area contributed by atoms with Crippen LogP contribution < -0.4 is 0 Å². The Labute approximate surface area is 111 Å². The van der Waals surface area contributed by atoms with E-state index >= 15 is 0 Å². The Morgan fingerprint density at radius 1 is 1.16 bits per heavy atom. The molecule has 19 heavy (non-hydrogen) atoms. The molecule has 2 aromatic carbocycles. The summed E-state index contributed by atoms with van der Waals surface area (Å²) >= 11 is 0. The van der Waals surface area contributed by atoms with Crippen molar-refractivity contribution in [3.8, 4) is 5.75 Å². The van der Waals surface area contributed by atoms with Crippen molar-refractivity contribution >= 4 is 16.7 Å². The first kappa shape index (κ1) is 12.0.